The van der Waals surface area contributed by atoms with Crippen LogP contribution in [0.5, 0.6) is 5.75 Å². The lowest BCUT2D eigenvalue weighted by atomic mass is 9.95. The third-order valence-corrected chi connectivity index (χ3v) is 4.12. The highest BCUT2D eigenvalue weighted by atomic mass is 16.5. The van der Waals surface area contributed by atoms with Crippen molar-refractivity contribution in [3.8, 4) is 17.1 Å². The van der Waals surface area contributed by atoms with Crippen LogP contribution in [-0.4, -0.2) is 20.2 Å². The highest BCUT2D eigenvalue weighted by molar-refractivity contribution is 6.06. The predicted molar refractivity (Wildman–Crippen MR) is 93.6 cm³/mol. The van der Waals surface area contributed by atoms with Gasteiger partial charge in [0.1, 0.15) is 5.76 Å². The molecule has 2 aromatic carbocycles. The van der Waals surface area contributed by atoms with Crippen LogP contribution in [0.4, 0.5) is 0 Å². The summed E-state index contributed by atoms with van der Waals surface area (Å²) in [5.41, 5.74) is 3.22. The lowest BCUT2D eigenvalue weighted by molar-refractivity contribution is 0.0603. The number of hydrogen-bond acceptors (Lipinski definition) is 4. The number of furan rings is 1. The molecule has 0 fully saturated rings. The number of hydrogen-bond donors (Lipinski definition) is 0. The molecular weight excluding hydrogens is 304 g/mol. The molecule has 0 spiro atoms. The van der Waals surface area contributed by atoms with Crippen molar-refractivity contribution < 1.29 is 18.7 Å². The van der Waals surface area contributed by atoms with Gasteiger partial charge >= 0.3 is 5.97 Å². The van der Waals surface area contributed by atoms with Gasteiger partial charge < -0.3 is 13.9 Å². The molecule has 0 saturated carbocycles. The summed E-state index contributed by atoms with van der Waals surface area (Å²) >= 11 is 0. The first-order valence-corrected chi connectivity index (χ1v) is 7.85. The molecule has 4 heteroatoms. The Hall–Kier alpha value is -2.75. The zero-order valence-corrected chi connectivity index (χ0v) is 14.3. The van der Waals surface area contributed by atoms with Crippen LogP contribution in [0, 0.1) is 0 Å². The second-order valence-corrected chi connectivity index (χ2v) is 5.90. The van der Waals surface area contributed by atoms with Crippen molar-refractivity contribution in [2.75, 3.05) is 14.2 Å². The van der Waals surface area contributed by atoms with Gasteiger partial charge in [-0.05, 0) is 29.7 Å². The summed E-state index contributed by atoms with van der Waals surface area (Å²) in [7, 11) is 2.95. The van der Waals surface area contributed by atoms with Crippen LogP contribution >= 0.6 is 0 Å². The van der Waals surface area contributed by atoms with Crippen molar-refractivity contribution in [3.63, 3.8) is 0 Å². The summed E-state index contributed by atoms with van der Waals surface area (Å²) in [5, 5.41) is 0.690. The predicted octanol–water partition coefficient (Wildman–Crippen LogP) is 5.02. The van der Waals surface area contributed by atoms with Crippen molar-refractivity contribution in [2.45, 2.75) is 19.8 Å². The third-order valence-electron chi connectivity index (χ3n) is 4.12. The molecule has 0 saturated heterocycles. The fourth-order valence-corrected chi connectivity index (χ4v) is 2.90. The van der Waals surface area contributed by atoms with E-state index in [9.17, 15) is 4.79 Å². The lowest BCUT2D eigenvalue weighted by Crippen LogP contribution is -2.01. The van der Waals surface area contributed by atoms with Crippen molar-refractivity contribution in [1.29, 1.82) is 0 Å². The maximum Gasteiger partial charge on any atom is 0.338 e. The van der Waals surface area contributed by atoms with Gasteiger partial charge in [-0.15, -0.1) is 0 Å². The molecule has 3 aromatic rings. The maximum atomic E-state index is 12.0. The number of benzene rings is 2. The smallest absolute Gasteiger partial charge is 0.338 e. The molecule has 4 nitrogen and oxygen atoms in total. The Morgan fingerprint density at radius 3 is 2.50 bits per heavy atom. The molecule has 1 heterocycles. The van der Waals surface area contributed by atoms with Crippen LogP contribution in [0.25, 0.3) is 22.3 Å². The van der Waals surface area contributed by atoms with Gasteiger partial charge in [-0.2, -0.15) is 0 Å². The average Bonchev–Trinajstić information content (AvgIpc) is 3.05. The minimum atomic E-state index is -0.396. The van der Waals surface area contributed by atoms with E-state index in [2.05, 4.69) is 19.9 Å². The van der Waals surface area contributed by atoms with Crippen LogP contribution in [0.3, 0.4) is 0 Å². The second kappa shape index (κ2) is 6.40. The highest BCUT2D eigenvalue weighted by Crippen LogP contribution is 2.38. The maximum absolute atomic E-state index is 12.0. The third kappa shape index (κ3) is 2.64. The normalized spacial score (nSPS) is 11.0. The number of ether oxygens (including phenoxy) is 2. The molecule has 0 radical (unpaired) electrons. The van der Waals surface area contributed by atoms with E-state index in [0.29, 0.717) is 34.0 Å². The van der Waals surface area contributed by atoms with Crippen LogP contribution in [0.15, 0.2) is 46.9 Å². The molecule has 3 rings (SSSR count). The van der Waals surface area contributed by atoms with E-state index in [1.165, 1.54) is 12.7 Å². The highest BCUT2D eigenvalue weighted by Gasteiger charge is 2.20. The fraction of sp³-hybridized carbons (Fsp3) is 0.250. The zero-order chi connectivity index (χ0) is 17.3. The number of rotatable bonds is 4. The van der Waals surface area contributed by atoms with E-state index in [4.69, 9.17) is 13.9 Å². The van der Waals surface area contributed by atoms with E-state index in [1.54, 1.807) is 19.2 Å². The summed E-state index contributed by atoms with van der Waals surface area (Å²) in [6, 6.07) is 13.4. The summed E-state index contributed by atoms with van der Waals surface area (Å²) in [6.45, 7) is 4.28. The van der Waals surface area contributed by atoms with E-state index in [1.807, 2.05) is 24.3 Å². The topological polar surface area (TPSA) is 48.7 Å². The van der Waals surface area contributed by atoms with Gasteiger partial charge in [-0.25, -0.2) is 4.79 Å². The molecule has 0 aliphatic rings. The first-order chi connectivity index (χ1) is 11.6. The van der Waals surface area contributed by atoms with Crippen LogP contribution in [0.2, 0.25) is 0 Å². The number of carbonyl (C=O) groups excluding carboxylic acids is 1. The molecule has 0 unspecified atom stereocenters. The minimum absolute atomic E-state index is 0.358. The Bertz CT molecular complexity index is 890. The van der Waals surface area contributed by atoms with Gasteiger partial charge in [0.05, 0.1) is 19.8 Å². The monoisotopic (exact) mass is 324 g/mol. The number of fused-ring (bicyclic) bond motifs is 1. The van der Waals surface area contributed by atoms with Gasteiger partial charge in [-0.1, -0.05) is 38.1 Å². The number of esters is 1. The second-order valence-electron chi connectivity index (χ2n) is 5.90. The first kappa shape index (κ1) is 16.1. The van der Waals surface area contributed by atoms with Crippen LogP contribution < -0.4 is 4.74 Å². The Balaban J connectivity index is 2.27. The van der Waals surface area contributed by atoms with Gasteiger partial charge in [0.25, 0.3) is 0 Å². The largest absolute Gasteiger partial charge is 0.493 e. The van der Waals surface area contributed by atoms with E-state index >= 15 is 0 Å². The van der Waals surface area contributed by atoms with Crippen molar-refractivity contribution in [2.24, 2.45) is 0 Å². The summed E-state index contributed by atoms with van der Waals surface area (Å²) in [6.07, 6.45) is 0. The molecular formula is C20H20O4. The zero-order valence-electron chi connectivity index (χ0n) is 14.3. The number of methoxy groups -OCH3 is 2. The Kier molecular flexibility index (Phi) is 4.30. The summed E-state index contributed by atoms with van der Waals surface area (Å²) < 4.78 is 16.3. The van der Waals surface area contributed by atoms with E-state index in [0.717, 1.165) is 5.56 Å². The average molecular weight is 324 g/mol. The summed E-state index contributed by atoms with van der Waals surface area (Å²) in [5.74, 6) is 1.26. The van der Waals surface area contributed by atoms with Crippen molar-refractivity contribution in [3.05, 3.63) is 53.6 Å². The Morgan fingerprint density at radius 1 is 1.08 bits per heavy atom. The van der Waals surface area contributed by atoms with E-state index < -0.39 is 5.97 Å². The molecule has 124 valence electrons. The molecule has 0 amide bonds. The molecule has 1 aromatic heterocycles. The molecule has 0 aliphatic heterocycles. The van der Waals surface area contributed by atoms with Gasteiger partial charge in [0.15, 0.2) is 11.3 Å². The fourth-order valence-electron chi connectivity index (χ4n) is 2.90. The Morgan fingerprint density at radius 2 is 1.83 bits per heavy atom. The molecule has 24 heavy (non-hydrogen) atoms. The van der Waals surface area contributed by atoms with Gasteiger partial charge in [0, 0.05) is 10.9 Å². The minimum Gasteiger partial charge on any atom is -0.493 e. The van der Waals surface area contributed by atoms with Gasteiger partial charge in [0.2, 0.25) is 0 Å². The Labute approximate surface area is 141 Å². The van der Waals surface area contributed by atoms with Crippen molar-refractivity contribution >= 4 is 16.9 Å². The molecule has 0 N–H and O–H groups in total. The van der Waals surface area contributed by atoms with Gasteiger partial charge in [-0.3, -0.25) is 0 Å². The number of carbonyl (C=O) groups is 1. The van der Waals surface area contributed by atoms with E-state index in [-0.39, 0.29) is 0 Å². The standard InChI is InChI=1S/C20H20O4/c1-12(2)13-7-5-6-8-14(13)18-11-16-15(20(21)23-4)9-10-17(22-3)19(16)24-18/h5-12H,1-4H3. The molecule has 0 bridgehead atoms. The lowest BCUT2D eigenvalue weighted by Gasteiger charge is -2.10. The quantitative estimate of drug-likeness (QED) is 0.632. The molecule has 0 aliphatic carbocycles. The molecule has 0 atom stereocenters. The van der Waals surface area contributed by atoms with Crippen LogP contribution in [0.1, 0.15) is 35.7 Å². The van der Waals surface area contributed by atoms with Crippen molar-refractivity contribution in [1.82, 2.24) is 0 Å². The summed E-state index contributed by atoms with van der Waals surface area (Å²) in [4.78, 5) is 12.0. The first-order valence-electron chi connectivity index (χ1n) is 7.85. The van der Waals surface area contributed by atoms with Crippen LogP contribution in [-0.2, 0) is 4.74 Å². The SMILES string of the molecule is COC(=O)c1ccc(OC)c2oc(-c3ccccc3C(C)C)cc12.